The summed E-state index contributed by atoms with van der Waals surface area (Å²) in [5.74, 6) is 0.233. The zero-order valence-electron chi connectivity index (χ0n) is 36.2. The molecule has 0 heterocycles. The molecule has 0 aliphatic carbocycles. The minimum absolute atomic E-state index is 0.116. The Morgan fingerprint density at radius 3 is 0.782 bits per heavy atom. The van der Waals surface area contributed by atoms with E-state index in [1.165, 1.54) is 191 Å². The molecule has 2 rings (SSSR count). The van der Waals surface area contributed by atoms with E-state index in [-0.39, 0.29) is 11.8 Å². The van der Waals surface area contributed by atoms with E-state index in [1.807, 2.05) is 24.3 Å². The topological polar surface area (TPSA) is 58.2 Å². The van der Waals surface area contributed by atoms with Crippen molar-refractivity contribution in [3.8, 4) is 0 Å². The molecule has 0 fully saturated rings. The van der Waals surface area contributed by atoms with Gasteiger partial charge in [0.2, 0.25) is 11.8 Å². The molecule has 312 valence electrons. The zero-order chi connectivity index (χ0) is 39.3. The first-order valence-corrected chi connectivity index (χ1v) is 23.9. The summed E-state index contributed by atoms with van der Waals surface area (Å²) in [5.41, 5.74) is 4.15. The largest absolute Gasteiger partial charge is 0.326 e. The average molecular weight is 759 g/mol. The van der Waals surface area contributed by atoms with E-state index in [4.69, 9.17) is 0 Å². The number of hydrogen-bond donors (Lipinski definition) is 2. The number of hydrogen-bond acceptors (Lipinski definition) is 2. The van der Waals surface area contributed by atoms with Gasteiger partial charge in [0.05, 0.1) is 0 Å². The van der Waals surface area contributed by atoms with Gasteiger partial charge in [0.15, 0.2) is 0 Å². The van der Waals surface area contributed by atoms with E-state index in [9.17, 15) is 9.59 Å². The Balaban J connectivity index is 1.42. The van der Waals surface area contributed by atoms with E-state index >= 15 is 0 Å². The molecule has 0 radical (unpaired) electrons. The molecule has 0 unspecified atom stereocenters. The molecule has 0 bridgehead atoms. The highest BCUT2D eigenvalue weighted by atomic mass is 16.2. The van der Waals surface area contributed by atoms with Crippen molar-refractivity contribution in [2.75, 3.05) is 10.6 Å². The van der Waals surface area contributed by atoms with Crippen LogP contribution in [0, 0.1) is 0 Å². The van der Waals surface area contributed by atoms with Crippen molar-refractivity contribution in [3.05, 3.63) is 59.7 Å². The fourth-order valence-corrected chi connectivity index (χ4v) is 7.76. The Bertz CT molecular complexity index is 1070. The quantitative estimate of drug-likeness (QED) is 0.0670. The lowest BCUT2D eigenvalue weighted by Gasteiger charge is -2.09. The molecule has 0 atom stereocenters. The number of unbranched alkanes of at least 4 members (excludes halogenated alkanes) is 30. The number of nitrogens with one attached hydrogen (secondary N) is 2. The number of amides is 2. The van der Waals surface area contributed by atoms with Crippen molar-refractivity contribution in [2.24, 2.45) is 0 Å². The lowest BCUT2D eigenvalue weighted by molar-refractivity contribution is -0.117. The summed E-state index contributed by atoms with van der Waals surface area (Å²) < 4.78 is 0. The van der Waals surface area contributed by atoms with Gasteiger partial charge in [-0.15, -0.1) is 0 Å². The maximum absolute atomic E-state index is 12.5. The van der Waals surface area contributed by atoms with Gasteiger partial charge in [0.25, 0.3) is 0 Å². The highest BCUT2D eigenvalue weighted by molar-refractivity contribution is 5.91. The summed E-state index contributed by atoms with van der Waals surface area (Å²) in [5, 5.41) is 6.15. The molecule has 55 heavy (non-hydrogen) atoms. The van der Waals surface area contributed by atoms with Gasteiger partial charge in [-0.25, -0.2) is 0 Å². The molecule has 0 saturated carbocycles. The van der Waals surface area contributed by atoms with Gasteiger partial charge < -0.3 is 10.6 Å². The Labute approximate surface area is 340 Å². The van der Waals surface area contributed by atoms with E-state index in [2.05, 4.69) is 48.7 Å². The molecule has 0 aliphatic rings. The van der Waals surface area contributed by atoms with Gasteiger partial charge >= 0.3 is 0 Å². The second-order valence-corrected chi connectivity index (χ2v) is 16.8. The number of carbonyl (C=O) groups excluding carboxylic acids is 2. The summed E-state index contributed by atoms with van der Waals surface area (Å²) in [6.07, 6.45) is 45.0. The average Bonchev–Trinajstić information content (AvgIpc) is 3.19. The molecule has 2 amide bonds. The first kappa shape index (κ1) is 48.5. The number of carbonyl (C=O) groups is 2. The maximum atomic E-state index is 12.5. The summed E-state index contributed by atoms with van der Waals surface area (Å²) >= 11 is 0. The van der Waals surface area contributed by atoms with Crippen LogP contribution >= 0.6 is 0 Å². The Kier molecular flexibility index (Phi) is 31.6. The monoisotopic (exact) mass is 759 g/mol. The number of anilines is 2. The third-order valence-electron chi connectivity index (χ3n) is 11.4. The van der Waals surface area contributed by atoms with Gasteiger partial charge in [0, 0.05) is 24.2 Å². The molecule has 4 nitrogen and oxygen atoms in total. The fourth-order valence-electron chi connectivity index (χ4n) is 7.76. The van der Waals surface area contributed by atoms with Crippen molar-refractivity contribution in [2.45, 2.75) is 239 Å². The lowest BCUT2D eigenvalue weighted by Crippen LogP contribution is -2.11. The second kappa shape index (κ2) is 35.8. The summed E-state index contributed by atoms with van der Waals surface area (Å²) in [4.78, 5) is 25.0. The van der Waals surface area contributed by atoms with Crippen LogP contribution in [0.4, 0.5) is 11.4 Å². The van der Waals surface area contributed by atoms with Crippen molar-refractivity contribution in [3.63, 3.8) is 0 Å². The molecule has 2 N–H and O–H groups in total. The van der Waals surface area contributed by atoms with Gasteiger partial charge in [-0.3, -0.25) is 9.59 Å². The van der Waals surface area contributed by atoms with Crippen molar-refractivity contribution in [1.82, 2.24) is 0 Å². The predicted octanol–water partition coefficient (Wildman–Crippen LogP) is 16.5. The van der Waals surface area contributed by atoms with Crippen LogP contribution in [0.3, 0.4) is 0 Å². The third-order valence-corrected chi connectivity index (χ3v) is 11.4. The minimum Gasteiger partial charge on any atom is -0.326 e. The normalized spacial score (nSPS) is 11.2. The third kappa shape index (κ3) is 29.3. The van der Waals surface area contributed by atoms with Crippen LogP contribution in [-0.2, 0) is 16.0 Å². The Hall–Kier alpha value is -2.62. The number of benzene rings is 2. The minimum atomic E-state index is 0.116. The van der Waals surface area contributed by atoms with Crippen LogP contribution in [0.2, 0.25) is 0 Å². The standard InChI is InChI=1S/C51H86N2O2/c1-3-5-7-9-11-13-15-17-19-21-23-25-27-29-31-33-35-50(54)52-48-41-37-46(38-42-48)45-47-39-43-49(44-40-47)53-51(55)36-34-32-30-28-26-24-22-20-18-16-14-12-10-8-6-4-2/h37-44H,3-36,45H2,1-2H3,(H,52,54)(H,53,55). The van der Waals surface area contributed by atoms with Crippen LogP contribution in [0.15, 0.2) is 48.5 Å². The lowest BCUT2D eigenvalue weighted by atomic mass is 10.0. The fraction of sp³-hybridized carbons (Fsp3) is 0.725. The van der Waals surface area contributed by atoms with Gasteiger partial charge in [-0.05, 0) is 54.7 Å². The van der Waals surface area contributed by atoms with E-state index < -0.39 is 0 Å². The first-order valence-electron chi connectivity index (χ1n) is 23.9. The number of rotatable bonds is 38. The smallest absolute Gasteiger partial charge is 0.224 e. The Morgan fingerprint density at radius 2 is 0.545 bits per heavy atom. The summed E-state index contributed by atoms with van der Waals surface area (Å²) in [6, 6.07) is 16.4. The molecular formula is C51H86N2O2. The molecule has 0 aliphatic heterocycles. The van der Waals surface area contributed by atoms with Crippen LogP contribution in [0.1, 0.15) is 243 Å². The molecule has 4 heteroatoms. The van der Waals surface area contributed by atoms with Crippen LogP contribution in [0.25, 0.3) is 0 Å². The highest BCUT2D eigenvalue weighted by Crippen LogP contribution is 2.19. The van der Waals surface area contributed by atoms with Crippen molar-refractivity contribution >= 4 is 23.2 Å². The molecule has 2 aromatic carbocycles. The van der Waals surface area contributed by atoms with Crippen LogP contribution in [0.5, 0.6) is 0 Å². The second-order valence-electron chi connectivity index (χ2n) is 16.8. The summed E-state index contributed by atoms with van der Waals surface area (Å²) in [7, 11) is 0. The predicted molar refractivity (Wildman–Crippen MR) is 241 cm³/mol. The molecular weight excluding hydrogens is 673 g/mol. The van der Waals surface area contributed by atoms with Gasteiger partial charge in [-0.1, -0.05) is 231 Å². The summed E-state index contributed by atoms with van der Waals surface area (Å²) in [6.45, 7) is 4.57. The highest BCUT2D eigenvalue weighted by Gasteiger charge is 2.06. The van der Waals surface area contributed by atoms with E-state index in [0.29, 0.717) is 12.8 Å². The van der Waals surface area contributed by atoms with Crippen molar-refractivity contribution < 1.29 is 9.59 Å². The van der Waals surface area contributed by atoms with Gasteiger partial charge in [0.1, 0.15) is 0 Å². The first-order chi connectivity index (χ1) is 27.1. The molecule has 0 aromatic heterocycles. The van der Waals surface area contributed by atoms with Crippen LogP contribution in [-0.4, -0.2) is 11.8 Å². The van der Waals surface area contributed by atoms with Gasteiger partial charge in [-0.2, -0.15) is 0 Å². The SMILES string of the molecule is CCCCCCCCCCCCCCCCCCC(=O)Nc1ccc(Cc2ccc(NC(=O)CCCCCCCCCCCCCCCCCC)cc2)cc1. The van der Waals surface area contributed by atoms with E-state index in [0.717, 1.165) is 43.5 Å². The molecule has 0 spiro atoms. The maximum Gasteiger partial charge on any atom is 0.224 e. The Morgan fingerprint density at radius 1 is 0.327 bits per heavy atom. The van der Waals surface area contributed by atoms with E-state index in [1.54, 1.807) is 0 Å². The van der Waals surface area contributed by atoms with Crippen LogP contribution < -0.4 is 10.6 Å². The molecule has 2 aromatic rings. The zero-order valence-corrected chi connectivity index (χ0v) is 36.2. The molecule has 0 saturated heterocycles. The van der Waals surface area contributed by atoms with Crippen molar-refractivity contribution in [1.29, 1.82) is 0 Å².